The Bertz CT molecular complexity index is 392. The molecule has 106 valence electrons. The summed E-state index contributed by atoms with van der Waals surface area (Å²) in [6, 6.07) is -0.518. The van der Waals surface area contributed by atoms with Crippen LogP contribution in [0, 0.1) is 0 Å². The van der Waals surface area contributed by atoms with Crippen LogP contribution in [-0.2, 0) is 24.5 Å². The van der Waals surface area contributed by atoms with Crippen molar-refractivity contribution in [2.45, 2.75) is 26.8 Å². The minimum Gasteiger partial charge on any atom is -0.468 e. The lowest BCUT2D eigenvalue weighted by atomic mass is 10.4. The molecule has 1 amide bonds. The van der Waals surface area contributed by atoms with Crippen molar-refractivity contribution in [1.82, 2.24) is 9.03 Å². The highest BCUT2D eigenvalue weighted by atomic mass is 32.2. The zero-order valence-corrected chi connectivity index (χ0v) is 11.6. The van der Waals surface area contributed by atoms with Crippen LogP contribution >= 0.6 is 0 Å². The molecule has 0 aliphatic rings. The first-order valence-electron chi connectivity index (χ1n) is 5.27. The van der Waals surface area contributed by atoms with Gasteiger partial charge in [-0.25, -0.2) is 9.52 Å². The van der Waals surface area contributed by atoms with Gasteiger partial charge >= 0.3 is 22.3 Å². The molecule has 0 radical (unpaired) electrons. The van der Waals surface area contributed by atoms with Gasteiger partial charge in [0.25, 0.3) is 0 Å². The van der Waals surface area contributed by atoms with Gasteiger partial charge in [-0.15, -0.1) is 0 Å². The van der Waals surface area contributed by atoms with Gasteiger partial charge in [0.15, 0.2) is 0 Å². The van der Waals surface area contributed by atoms with Gasteiger partial charge < -0.3 is 9.47 Å². The molecule has 0 fully saturated rings. The molecule has 0 aliphatic heterocycles. The van der Waals surface area contributed by atoms with E-state index in [0.29, 0.717) is 0 Å². The summed E-state index contributed by atoms with van der Waals surface area (Å²) in [5.74, 6) is -0.724. The van der Waals surface area contributed by atoms with Crippen LogP contribution in [0.25, 0.3) is 0 Å². The lowest BCUT2D eigenvalue weighted by Crippen LogP contribution is -2.49. The number of esters is 1. The molecule has 0 aliphatic carbocycles. The molecule has 0 unspecified atom stereocenters. The summed E-state index contributed by atoms with van der Waals surface area (Å²) in [5.41, 5.74) is 0. The number of rotatable bonds is 6. The predicted molar refractivity (Wildman–Crippen MR) is 62.9 cm³/mol. The number of amides is 1. The van der Waals surface area contributed by atoms with Crippen LogP contribution in [0.1, 0.15) is 20.8 Å². The summed E-state index contributed by atoms with van der Waals surface area (Å²) in [4.78, 5) is 22.2. The van der Waals surface area contributed by atoms with E-state index in [-0.39, 0.29) is 6.61 Å². The maximum absolute atomic E-state index is 11.8. The second kappa shape index (κ2) is 7.17. The summed E-state index contributed by atoms with van der Waals surface area (Å²) in [6.07, 6.45) is -1.09. The monoisotopic (exact) mass is 282 g/mol. The van der Waals surface area contributed by atoms with Gasteiger partial charge in [0.2, 0.25) is 0 Å². The number of carbonyl (C=O) groups is 2. The zero-order chi connectivity index (χ0) is 14.3. The predicted octanol–water partition coefficient (Wildman–Crippen LogP) is -0.139. The van der Waals surface area contributed by atoms with Crippen LogP contribution in [-0.4, -0.2) is 51.1 Å². The Kier molecular flexibility index (Phi) is 6.63. The van der Waals surface area contributed by atoms with Crippen LogP contribution in [0.4, 0.5) is 4.79 Å². The van der Waals surface area contributed by atoms with E-state index in [2.05, 4.69) is 9.47 Å². The van der Waals surface area contributed by atoms with Crippen LogP contribution in [0.3, 0.4) is 0 Å². The maximum atomic E-state index is 11.8. The van der Waals surface area contributed by atoms with Crippen molar-refractivity contribution in [3.05, 3.63) is 0 Å². The van der Waals surface area contributed by atoms with Crippen LogP contribution in [0.5, 0.6) is 0 Å². The van der Waals surface area contributed by atoms with Gasteiger partial charge in [-0.2, -0.15) is 12.7 Å². The number of nitrogens with one attached hydrogen (secondary N) is 1. The van der Waals surface area contributed by atoms with Crippen LogP contribution in [0.15, 0.2) is 0 Å². The van der Waals surface area contributed by atoms with Gasteiger partial charge in [-0.3, -0.25) is 4.79 Å². The van der Waals surface area contributed by atoms with Crippen molar-refractivity contribution in [1.29, 1.82) is 0 Å². The van der Waals surface area contributed by atoms with Gasteiger partial charge in [-0.05, 0) is 20.8 Å². The van der Waals surface area contributed by atoms with Crippen molar-refractivity contribution < 1.29 is 27.5 Å². The molecule has 18 heavy (non-hydrogen) atoms. The van der Waals surface area contributed by atoms with E-state index in [0.717, 1.165) is 11.4 Å². The first-order valence-corrected chi connectivity index (χ1v) is 6.71. The number of ether oxygens (including phenoxy) is 2. The molecule has 8 nitrogen and oxygen atoms in total. The van der Waals surface area contributed by atoms with E-state index in [1.807, 2.05) is 0 Å². The number of hydrogen-bond acceptors (Lipinski definition) is 6. The Labute approximate surface area is 106 Å². The molecule has 0 aromatic rings. The summed E-state index contributed by atoms with van der Waals surface area (Å²) < 4.78 is 35.0. The molecule has 0 spiro atoms. The second-order valence-corrected chi connectivity index (χ2v) is 5.17. The highest BCUT2D eigenvalue weighted by Crippen LogP contribution is 2.05. The Morgan fingerprint density at radius 3 is 2.28 bits per heavy atom. The molecule has 0 aromatic carbocycles. The van der Waals surface area contributed by atoms with Crippen LogP contribution < -0.4 is 4.72 Å². The molecule has 0 bridgehead atoms. The largest absolute Gasteiger partial charge is 0.468 e. The van der Waals surface area contributed by atoms with E-state index >= 15 is 0 Å². The smallest absolute Gasteiger partial charge is 0.421 e. The highest BCUT2D eigenvalue weighted by Gasteiger charge is 2.29. The molecular formula is C9H18N2O6S. The zero-order valence-electron chi connectivity index (χ0n) is 10.8. The average Bonchev–Trinajstić information content (AvgIpc) is 2.24. The summed E-state index contributed by atoms with van der Waals surface area (Å²) in [6.45, 7) is 4.23. The number of hydrogen-bond donors (Lipinski definition) is 1. The Morgan fingerprint density at radius 2 is 1.89 bits per heavy atom. The Hall–Kier alpha value is -1.35. The minimum absolute atomic E-state index is 0.0417. The molecule has 0 aromatic heterocycles. The fourth-order valence-corrected chi connectivity index (χ4v) is 2.28. The van der Waals surface area contributed by atoms with Crippen molar-refractivity contribution in [3.8, 4) is 0 Å². The maximum Gasteiger partial charge on any atom is 0.421 e. The van der Waals surface area contributed by atoms with E-state index in [1.54, 1.807) is 25.5 Å². The van der Waals surface area contributed by atoms with Crippen molar-refractivity contribution in [3.63, 3.8) is 0 Å². The fraction of sp³-hybridized carbons (Fsp3) is 0.778. The minimum atomic E-state index is -4.14. The third kappa shape index (κ3) is 5.32. The third-order valence-electron chi connectivity index (χ3n) is 1.89. The Balaban J connectivity index is 4.88. The fourth-order valence-electron chi connectivity index (χ4n) is 1.06. The van der Waals surface area contributed by atoms with E-state index in [1.165, 1.54) is 0 Å². The molecule has 0 heterocycles. The number of carbonyl (C=O) groups excluding carboxylic acids is 2. The molecule has 9 heteroatoms. The molecule has 0 saturated carbocycles. The average molecular weight is 282 g/mol. The topological polar surface area (TPSA) is 102 Å². The third-order valence-corrected chi connectivity index (χ3v) is 3.48. The van der Waals surface area contributed by atoms with E-state index < -0.39 is 34.9 Å². The quantitative estimate of drug-likeness (QED) is 0.680. The van der Waals surface area contributed by atoms with Crippen molar-refractivity contribution in [2.24, 2.45) is 0 Å². The molecule has 0 saturated heterocycles. The lowest BCUT2D eigenvalue weighted by Gasteiger charge is -2.24. The second-order valence-electron chi connectivity index (χ2n) is 3.54. The normalized spacial score (nSPS) is 11.4. The highest BCUT2D eigenvalue weighted by molar-refractivity contribution is 7.87. The van der Waals surface area contributed by atoms with Gasteiger partial charge in [0.1, 0.15) is 6.54 Å². The molecule has 1 N–H and O–H groups in total. The standard InChI is InChI=1S/C9H18N2O6S/c1-5-17-9(13)10-18(14,15)11(7(2)3)6-8(12)16-4/h7H,5-6H2,1-4H3,(H,10,13). The summed E-state index contributed by atoms with van der Waals surface area (Å²) in [7, 11) is -3.00. The summed E-state index contributed by atoms with van der Waals surface area (Å²) in [5, 5.41) is 0. The Morgan fingerprint density at radius 1 is 1.33 bits per heavy atom. The van der Waals surface area contributed by atoms with Crippen molar-refractivity contribution in [2.75, 3.05) is 20.3 Å². The molecular weight excluding hydrogens is 264 g/mol. The lowest BCUT2D eigenvalue weighted by molar-refractivity contribution is -0.141. The first kappa shape index (κ1) is 16.6. The summed E-state index contributed by atoms with van der Waals surface area (Å²) >= 11 is 0. The van der Waals surface area contributed by atoms with Gasteiger partial charge in [0.05, 0.1) is 13.7 Å². The molecule has 0 atom stereocenters. The first-order chi connectivity index (χ1) is 8.24. The van der Waals surface area contributed by atoms with Crippen LogP contribution in [0.2, 0.25) is 0 Å². The SMILES string of the molecule is CCOC(=O)NS(=O)(=O)N(CC(=O)OC)C(C)C. The van der Waals surface area contributed by atoms with E-state index in [9.17, 15) is 18.0 Å². The molecule has 0 rings (SSSR count). The van der Waals surface area contributed by atoms with Gasteiger partial charge in [-0.1, -0.05) is 0 Å². The van der Waals surface area contributed by atoms with Crippen molar-refractivity contribution >= 4 is 22.3 Å². The van der Waals surface area contributed by atoms with E-state index in [4.69, 9.17) is 0 Å². The van der Waals surface area contributed by atoms with Gasteiger partial charge in [0, 0.05) is 6.04 Å². The number of nitrogens with zero attached hydrogens (tertiary/aromatic N) is 1. The number of methoxy groups -OCH3 is 1.